The highest BCUT2D eigenvalue weighted by Crippen LogP contribution is 2.25. The summed E-state index contributed by atoms with van der Waals surface area (Å²) in [6.07, 6.45) is 3.82. The fraction of sp³-hybridized carbons (Fsp3) is 0.889. The lowest BCUT2D eigenvalue weighted by Gasteiger charge is -2.24. The van der Waals surface area contributed by atoms with Gasteiger partial charge in [-0.05, 0) is 12.8 Å². The number of rotatable bonds is 5. The van der Waals surface area contributed by atoms with Gasteiger partial charge in [0, 0.05) is 7.05 Å². The van der Waals surface area contributed by atoms with Crippen molar-refractivity contribution in [1.82, 2.24) is 5.32 Å². The normalized spacial score (nSPS) is 15.3. The van der Waals surface area contributed by atoms with E-state index >= 15 is 0 Å². The number of hydrogen-bond donors (Lipinski definition) is 2. The van der Waals surface area contributed by atoms with E-state index in [2.05, 4.69) is 24.9 Å². The molecule has 0 bridgehead atoms. The highest BCUT2D eigenvalue weighted by atomic mass is 32.1. The average Bonchev–Trinajstić information content (AvgIpc) is 2.12. The molecule has 72 valence electrons. The predicted octanol–water partition coefficient (Wildman–Crippen LogP) is 2.00. The maximum absolute atomic E-state index is 11.4. The first-order valence-corrected chi connectivity index (χ1v) is 5.00. The Bertz CT molecular complexity index is 149. The molecule has 0 aliphatic heterocycles. The molecule has 1 N–H and O–H groups in total. The van der Waals surface area contributed by atoms with Crippen LogP contribution in [0.15, 0.2) is 0 Å². The second kappa shape index (κ2) is 5.46. The standard InChI is InChI=1S/C9H19NOS/c1-4-6-7-9(12,5-2)8(11)10-3/h12H,4-7H2,1-3H3,(H,10,11). The molecule has 3 heteroatoms. The molecule has 0 aliphatic rings. The Morgan fingerprint density at radius 2 is 2.08 bits per heavy atom. The van der Waals surface area contributed by atoms with E-state index in [0.29, 0.717) is 0 Å². The quantitative estimate of drug-likeness (QED) is 0.636. The minimum Gasteiger partial charge on any atom is -0.358 e. The molecular formula is C9H19NOS. The summed E-state index contributed by atoms with van der Waals surface area (Å²) in [6.45, 7) is 4.12. The summed E-state index contributed by atoms with van der Waals surface area (Å²) in [4.78, 5) is 11.4. The first-order chi connectivity index (χ1) is 5.60. The molecule has 0 aliphatic carbocycles. The Balaban J connectivity index is 4.13. The second-order valence-corrected chi connectivity index (χ2v) is 3.92. The number of hydrogen-bond acceptors (Lipinski definition) is 2. The van der Waals surface area contributed by atoms with Gasteiger partial charge in [0.2, 0.25) is 5.91 Å². The van der Waals surface area contributed by atoms with Crippen molar-refractivity contribution in [3.05, 3.63) is 0 Å². The molecule has 0 rings (SSSR count). The number of unbranched alkanes of at least 4 members (excludes halogenated alkanes) is 1. The number of amides is 1. The SMILES string of the molecule is CCCCC(S)(CC)C(=O)NC. The van der Waals surface area contributed by atoms with Gasteiger partial charge in [-0.2, -0.15) is 12.6 Å². The van der Waals surface area contributed by atoms with Crippen molar-refractivity contribution in [2.24, 2.45) is 0 Å². The summed E-state index contributed by atoms with van der Waals surface area (Å²) >= 11 is 4.42. The van der Waals surface area contributed by atoms with Gasteiger partial charge in [-0.3, -0.25) is 4.79 Å². The Kier molecular flexibility index (Phi) is 5.38. The zero-order valence-corrected chi connectivity index (χ0v) is 9.08. The van der Waals surface area contributed by atoms with Crippen LogP contribution in [-0.4, -0.2) is 17.7 Å². The first-order valence-electron chi connectivity index (χ1n) is 4.55. The van der Waals surface area contributed by atoms with E-state index in [4.69, 9.17) is 0 Å². The molecule has 1 amide bonds. The van der Waals surface area contributed by atoms with Gasteiger partial charge in [0.1, 0.15) is 0 Å². The van der Waals surface area contributed by atoms with Crippen molar-refractivity contribution in [2.45, 2.75) is 44.3 Å². The van der Waals surface area contributed by atoms with Crippen molar-refractivity contribution in [3.8, 4) is 0 Å². The van der Waals surface area contributed by atoms with Gasteiger partial charge in [0.05, 0.1) is 4.75 Å². The molecule has 2 nitrogen and oxygen atoms in total. The smallest absolute Gasteiger partial charge is 0.235 e. The van der Waals surface area contributed by atoms with E-state index < -0.39 is 4.75 Å². The molecule has 0 fully saturated rings. The first kappa shape index (κ1) is 11.8. The van der Waals surface area contributed by atoms with Gasteiger partial charge in [0.15, 0.2) is 0 Å². The minimum absolute atomic E-state index is 0.0433. The van der Waals surface area contributed by atoms with Crippen LogP contribution in [0.3, 0.4) is 0 Å². The van der Waals surface area contributed by atoms with Crippen molar-refractivity contribution >= 4 is 18.5 Å². The van der Waals surface area contributed by atoms with Crippen molar-refractivity contribution in [2.75, 3.05) is 7.05 Å². The van der Waals surface area contributed by atoms with E-state index in [1.165, 1.54) is 0 Å². The van der Waals surface area contributed by atoms with Crippen LogP contribution in [0.2, 0.25) is 0 Å². The van der Waals surface area contributed by atoms with Gasteiger partial charge in [0.25, 0.3) is 0 Å². The molecule has 12 heavy (non-hydrogen) atoms. The van der Waals surface area contributed by atoms with Crippen LogP contribution in [0.1, 0.15) is 39.5 Å². The molecule has 0 radical (unpaired) electrons. The van der Waals surface area contributed by atoms with Crippen molar-refractivity contribution in [1.29, 1.82) is 0 Å². The Labute approximate surface area is 80.5 Å². The lowest BCUT2D eigenvalue weighted by molar-refractivity contribution is -0.123. The molecule has 0 aromatic heterocycles. The Morgan fingerprint density at radius 1 is 1.50 bits per heavy atom. The fourth-order valence-corrected chi connectivity index (χ4v) is 1.42. The van der Waals surface area contributed by atoms with Gasteiger partial charge in [-0.25, -0.2) is 0 Å². The molecular weight excluding hydrogens is 170 g/mol. The van der Waals surface area contributed by atoms with Crippen LogP contribution in [-0.2, 0) is 4.79 Å². The van der Waals surface area contributed by atoms with Gasteiger partial charge >= 0.3 is 0 Å². The summed E-state index contributed by atoms with van der Waals surface area (Å²) in [5.74, 6) is 0.0433. The molecule has 1 unspecified atom stereocenters. The van der Waals surface area contributed by atoms with Crippen LogP contribution in [0, 0.1) is 0 Å². The van der Waals surface area contributed by atoms with Crippen LogP contribution in [0.25, 0.3) is 0 Å². The largest absolute Gasteiger partial charge is 0.358 e. The number of nitrogens with one attached hydrogen (secondary N) is 1. The minimum atomic E-state index is -0.454. The summed E-state index contributed by atoms with van der Waals surface area (Å²) in [5.41, 5.74) is 0. The summed E-state index contributed by atoms with van der Waals surface area (Å²) in [5, 5.41) is 2.65. The second-order valence-electron chi connectivity index (χ2n) is 3.07. The third kappa shape index (κ3) is 3.05. The van der Waals surface area contributed by atoms with E-state index in [9.17, 15) is 4.79 Å². The maximum atomic E-state index is 11.4. The van der Waals surface area contributed by atoms with Gasteiger partial charge in [-0.1, -0.05) is 26.7 Å². The molecule has 0 spiro atoms. The van der Waals surface area contributed by atoms with E-state index in [-0.39, 0.29) is 5.91 Å². The van der Waals surface area contributed by atoms with E-state index in [0.717, 1.165) is 25.7 Å². The topological polar surface area (TPSA) is 29.1 Å². The molecule has 0 aromatic rings. The lowest BCUT2D eigenvalue weighted by atomic mass is 9.97. The zero-order chi connectivity index (χ0) is 9.61. The third-order valence-corrected chi connectivity index (χ3v) is 2.92. The van der Waals surface area contributed by atoms with E-state index in [1.54, 1.807) is 7.05 Å². The summed E-state index contributed by atoms with van der Waals surface area (Å²) in [7, 11) is 1.66. The van der Waals surface area contributed by atoms with Gasteiger partial charge < -0.3 is 5.32 Å². The van der Waals surface area contributed by atoms with Crippen LogP contribution >= 0.6 is 12.6 Å². The van der Waals surface area contributed by atoms with Gasteiger partial charge in [-0.15, -0.1) is 0 Å². The summed E-state index contributed by atoms with van der Waals surface area (Å²) < 4.78 is -0.454. The molecule has 0 saturated heterocycles. The monoisotopic (exact) mass is 189 g/mol. The zero-order valence-electron chi connectivity index (χ0n) is 8.18. The van der Waals surface area contributed by atoms with Crippen molar-refractivity contribution < 1.29 is 4.79 Å². The molecule has 1 atom stereocenters. The highest BCUT2D eigenvalue weighted by molar-refractivity contribution is 7.82. The highest BCUT2D eigenvalue weighted by Gasteiger charge is 2.30. The van der Waals surface area contributed by atoms with Crippen LogP contribution in [0.5, 0.6) is 0 Å². The average molecular weight is 189 g/mol. The van der Waals surface area contributed by atoms with Crippen LogP contribution < -0.4 is 5.32 Å². The Morgan fingerprint density at radius 3 is 2.42 bits per heavy atom. The van der Waals surface area contributed by atoms with Crippen molar-refractivity contribution in [3.63, 3.8) is 0 Å². The lowest BCUT2D eigenvalue weighted by Crippen LogP contribution is -2.40. The molecule has 0 aromatic carbocycles. The van der Waals surface area contributed by atoms with E-state index in [1.807, 2.05) is 6.92 Å². The predicted molar refractivity (Wildman–Crippen MR) is 55.6 cm³/mol. The number of thiol groups is 1. The number of carbonyl (C=O) groups is 1. The fourth-order valence-electron chi connectivity index (χ4n) is 1.15. The summed E-state index contributed by atoms with van der Waals surface area (Å²) in [6, 6.07) is 0. The maximum Gasteiger partial charge on any atom is 0.235 e. The third-order valence-electron chi connectivity index (χ3n) is 2.18. The number of carbonyl (C=O) groups excluding carboxylic acids is 1. The molecule has 0 saturated carbocycles. The molecule has 0 heterocycles. The van der Waals surface area contributed by atoms with Crippen LogP contribution in [0.4, 0.5) is 0 Å². The Hall–Kier alpha value is -0.180.